The molecule has 6 heteroatoms. The lowest BCUT2D eigenvalue weighted by Crippen LogP contribution is -2.59. The molecule has 31 heavy (non-hydrogen) atoms. The number of hydrogen-bond donors (Lipinski definition) is 0. The zero-order valence-electron chi connectivity index (χ0n) is 19.6. The van der Waals surface area contributed by atoms with Gasteiger partial charge in [0.05, 0.1) is 0 Å². The second kappa shape index (κ2) is 8.08. The number of carbonyl (C=O) groups excluding carboxylic acids is 3. The van der Waals surface area contributed by atoms with Gasteiger partial charge in [0.2, 0.25) is 0 Å². The standard InChI is InChI=1S/C25H38O6/c1-14(26)29-18-8-9-25(5)17(10-18)6-7-20-21-11-19(30-15(2)27)12-24(21,4)13-22(23(20)25)31-16(3)28/h17-23H,6-13H2,1-5H3/t17-,18?,19?,20?,21?,22+,23?,24?,25?/m0/s1. The smallest absolute Gasteiger partial charge is 0.302 e. The fourth-order valence-electron chi connectivity index (χ4n) is 8.31. The monoisotopic (exact) mass is 434 g/mol. The second-order valence-electron chi connectivity index (χ2n) is 11.3. The summed E-state index contributed by atoms with van der Waals surface area (Å²) in [4.78, 5) is 35.2. The molecule has 0 radical (unpaired) electrons. The maximum absolute atomic E-state index is 12.1. The van der Waals surface area contributed by atoms with E-state index in [2.05, 4.69) is 13.8 Å². The van der Waals surface area contributed by atoms with Crippen molar-refractivity contribution < 1.29 is 28.6 Å². The Bertz CT molecular complexity index is 748. The van der Waals surface area contributed by atoms with Crippen LogP contribution in [0.25, 0.3) is 0 Å². The molecule has 4 aliphatic carbocycles. The normalized spacial score (nSPS) is 46.2. The van der Waals surface area contributed by atoms with Gasteiger partial charge in [-0.05, 0) is 80.0 Å². The molecule has 7 unspecified atom stereocenters. The first-order valence-electron chi connectivity index (χ1n) is 12.0. The van der Waals surface area contributed by atoms with Crippen LogP contribution in [0.15, 0.2) is 0 Å². The lowest BCUT2D eigenvalue weighted by atomic mass is 9.44. The summed E-state index contributed by atoms with van der Waals surface area (Å²) >= 11 is 0. The van der Waals surface area contributed by atoms with Gasteiger partial charge >= 0.3 is 17.9 Å². The molecule has 0 saturated heterocycles. The summed E-state index contributed by atoms with van der Waals surface area (Å²) in [6.45, 7) is 9.18. The van der Waals surface area contributed by atoms with Crippen LogP contribution in [-0.2, 0) is 28.6 Å². The molecule has 0 spiro atoms. The van der Waals surface area contributed by atoms with E-state index in [1.165, 1.54) is 20.8 Å². The first-order chi connectivity index (χ1) is 14.5. The average molecular weight is 435 g/mol. The molecule has 0 aromatic heterocycles. The van der Waals surface area contributed by atoms with Crippen molar-refractivity contribution in [3.8, 4) is 0 Å². The highest BCUT2D eigenvalue weighted by atomic mass is 16.6. The highest BCUT2D eigenvalue weighted by Gasteiger charge is 2.63. The predicted octanol–water partition coefficient (Wildman–Crippen LogP) is 4.43. The summed E-state index contributed by atoms with van der Waals surface area (Å²) in [7, 11) is 0. The fraction of sp³-hybridized carbons (Fsp3) is 0.880. The third-order valence-corrected chi connectivity index (χ3v) is 9.23. The predicted molar refractivity (Wildman–Crippen MR) is 114 cm³/mol. The zero-order chi connectivity index (χ0) is 22.6. The van der Waals surface area contributed by atoms with E-state index in [-0.39, 0.29) is 47.0 Å². The average Bonchev–Trinajstić information content (AvgIpc) is 2.95. The van der Waals surface area contributed by atoms with Crippen molar-refractivity contribution in [1.82, 2.24) is 0 Å². The Morgan fingerprint density at radius 3 is 2.06 bits per heavy atom. The molecule has 0 amide bonds. The Labute approximate surface area is 185 Å². The summed E-state index contributed by atoms with van der Waals surface area (Å²) in [5, 5.41) is 0. The molecule has 9 atom stereocenters. The summed E-state index contributed by atoms with van der Waals surface area (Å²) in [5.41, 5.74) is 0.0973. The molecule has 4 aliphatic rings. The van der Waals surface area contributed by atoms with E-state index in [4.69, 9.17) is 14.2 Å². The molecule has 4 saturated carbocycles. The van der Waals surface area contributed by atoms with E-state index in [0.717, 1.165) is 51.4 Å². The highest BCUT2D eigenvalue weighted by Crippen LogP contribution is 2.67. The van der Waals surface area contributed by atoms with E-state index >= 15 is 0 Å². The van der Waals surface area contributed by atoms with Gasteiger partial charge in [0.25, 0.3) is 0 Å². The van der Waals surface area contributed by atoms with Crippen LogP contribution in [-0.4, -0.2) is 36.2 Å². The van der Waals surface area contributed by atoms with E-state index in [9.17, 15) is 14.4 Å². The molecule has 0 heterocycles. The van der Waals surface area contributed by atoms with Crippen molar-refractivity contribution in [3.05, 3.63) is 0 Å². The minimum atomic E-state index is -0.209. The van der Waals surface area contributed by atoms with Gasteiger partial charge in [-0.1, -0.05) is 13.8 Å². The van der Waals surface area contributed by atoms with Crippen LogP contribution < -0.4 is 0 Å². The van der Waals surface area contributed by atoms with Crippen LogP contribution in [0.3, 0.4) is 0 Å². The van der Waals surface area contributed by atoms with E-state index < -0.39 is 0 Å². The van der Waals surface area contributed by atoms with Gasteiger partial charge < -0.3 is 14.2 Å². The maximum Gasteiger partial charge on any atom is 0.302 e. The number of fused-ring (bicyclic) bond motifs is 5. The second-order valence-corrected chi connectivity index (χ2v) is 11.3. The van der Waals surface area contributed by atoms with Crippen LogP contribution >= 0.6 is 0 Å². The molecule has 0 aromatic carbocycles. The van der Waals surface area contributed by atoms with E-state index in [1.807, 2.05) is 0 Å². The first kappa shape index (κ1) is 22.6. The lowest BCUT2D eigenvalue weighted by molar-refractivity contribution is -0.197. The van der Waals surface area contributed by atoms with Crippen LogP contribution in [0.5, 0.6) is 0 Å². The van der Waals surface area contributed by atoms with Crippen molar-refractivity contribution in [2.45, 2.75) is 104 Å². The molecule has 0 aromatic rings. The Kier molecular flexibility index (Phi) is 5.89. The SMILES string of the molecule is CC(=O)OC1CCC2(C)C3C(CC[C@H]2C1)C1CC(OC(C)=O)CC1(C)C[C@H]3OC(C)=O. The fourth-order valence-corrected chi connectivity index (χ4v) is 8.31. The quantitative estimate of drug-likeness (QED) is 0.483. The van der Waals surface area contributed by atoms with Crippen molar-refractivity contribution in [3.63, 3.8) is 0 Å². The van der Waals surface area contributed by atoms with Crippen LogP contribution in [0, 0.1) is 34.5 Å². The summed E-state index contributed by atoms with van der Waals surface area (Å²) in [5.74, 6) is 1.12. The molecule has 4 rings (SSSR count). The van der Waals surface area contributed by atoms with Crippen LogP contribution in [0.4, 0.5) is 0 Å². The first-order valence-corrected chi connectivity index (χ1v) is 12.0. The molecule has 0 aliphatic heterocycles. The van der Waals surface area contributed by atoms with Crippen molar-refractivity contribution >= 4 is 17.9 Å². The van der Waals surface area contributed by atoms with Gasteiger partial charge in [0.1, 0.15) is 18.3 Å². The summed E-state index contributed by atoms with van der Waals surface area (Å²) in [6, 6.07) is 0. The van der Waals surface area contributed by atoms with Crippen molar-refractivity contribution in [1.29, 1.82) is 0 Å². The molecule has 0 N–H and O–H groups in total. The van der Waals surface area contributed by atoms with Crippen molar-refractivity contribution in [2.24, 2.45) is 34.5 Å². The molecule has 6 nitrogen and oxygen atoms in total. The molecular formula is C25H38O6. The van der Waals surface area contributed by atoms with Gasteiger partial charge in [-0.3, -0.25) is 14.4 Å². The third-order valence-electron chi connectivity index (χ3n) is 9.23. The molecule has 0 bridgehead atoms. The number of ether oxygens (including phenoxy) is 3. The minimum absolute atomic E-state index is 0.00739. The molecule has 4 fully saturated rings. The number of rotatable bonds is 3. The van der Waals surface area contributed by atoms with Gasteiger partial charge in [-0.15, -0.1) is 0 Å². The minimum Gasteiger partial charge on any atom is -0.463 e. The largest absolute Gasteiger partial charge is 0.463 e. The number of esters is 3. The maximum atomic E-state index is 12.1. The summed E-state index contributed by atoms with van der Waals surface area (Å²) < 4.78 is 17.3. The summed E-state index contributed by atoms with van der Waals surface area (Å²) in [6.07, 6.45) is 7.48. The van der Waals surface area contributed by atoms with Crippen LogP contribution in [0.1, 0.15) is 86.0 Å². The lowest BCUT2D eigenvalue weighted by Gasteiger charge is -2.62. The van der Waals surface area contributed by atoms with E-state index in [1.54, 1.807) is 0 Å². The Morgan fingerprint density at radius 2 is 1.42 bits per heavy atom. The van der Waals surface area contributed by atoms with Crippen LogP contribution in [0.2, 0.25) is 0 Å². The van der Waals surface area contributed by atoms with E-state index in [0.29, 0.717) is 23.7 Å². The van der Waals surface area contributed by atoms with Crippen molar-refractivity contribution in [2.75, 3.05) is 0 Å². The van der Waals surface area contributed by atoms with Gasteiger partial charge in [-0.2, -0.15) is 0 Å². The Morgan fingerprint density at radius 1 is 0.774 bits per heavy atom. The number of hydrogen-bond acceptors (Lipinski definition) is 6. The number of carbonyl (C=O) groups is 3. The molecular weight excluding hydrogens is 396 g/mol. The highest BCUT2D eigenvalue weighted by molar-refractivity contribution is 5.67. The molecule has 174 valence electrons. The van der Waals surface area contributed by atoms with Gasteiger partial charge in [0.15, 0.2) is 0 Å². The third kappa shape index (κ3) is 4.11. The topological polar surface area (TPSA) is 78.9 Å². The zero-order valence-corrected chi connectivity index (χ0v) is 19.6. The van der Waals surface area contributed by atoms with Gasteiger partial charge in [-0.25, -0.2) is 0 Å². The Hall–Kier alpha value is -1.59. The van der Waals surface area contributed by atoms with Gasteiger partial charge in [0, 0.05) is 26.7 Å². The Balaban J connectivity index is 1.62.